The van der Waals surface area contributed by atoms with Crippen LogP contribution >= 0.6 is 0 Å². The molecule has 0 fully saturated rings. The van der Waals surface area contributed by atoms with Crippen molar-refractivity contribution in [3.63, 3.8) is 0 Å². The maximum absolute atomic E-state index is 5.97. The minimum absolute atomic E-state index is 0.383. The molecule has 0 atom stereocenters. The standard InChI is InChI=1S/C17H21NO/c1-18-14-13-17(19-2,15-9-5-3-6-10-15)16-11-7-4-8-12-16/h3-12,18H,13-14H2,1-2H3. The number of nitrogens with one attached hydrogen (secondary N) is 1. The van der Waals surface area contributed by atoms with Gasteiger partial charge in [0.15, 0.2) is 0 Å². The van der Waals surface area contributed by atoms with Gasteiger partial charge in [-0.2, -0.15) is 0 Å². The highest BCUT2D eigenvalue weighted by Crippen LogP contribution is 2.35. The number of rotatable bonds is 6. The molecule has 0 aliphatic heterocycles. The largest absolute Gasteiger partial charge is 0.369 e. The first kappa shape index (κ1) is 13.8. The SMILES string of the molecule is CNCCC(OC)(c1ccccc1)c1ccccc1. The Morgan fingerprint density at radius 1 is 0.895 bits per heavy atom. The van der Waals surface area contributed by atoms with Gasteiger partial charge in [0.1, 0.15) is 5.60 Å². The zero-order valence-corrected chi connectivity index (χ0v) is 11.6. The van der Waals surface area contributed by atoms with Crippen LogP contribution in [0.1, 0.15) is 17.5 Å². The summed E-state index contributed by atoms with van der Waals surface area (Å²) in [5, 5.41) is 3.22. The minimum Gasteiger partial charge on any atom is -0.369 e. The Labute approximate surface area is 115 Å². The van der Waals surface area contributed by atoms with Crippen molar-refractivity contribution in [1.82, 2.24) is 5.32 Å². The van der Waals surface area contributed by atoms with Crippen LogP contribution in [0, 0.1) is 0 Å². The van der Waals surface area contributed by atoms with Crippen molar-refractivity contribution >= 4 is 0 Å². The zero-order valence-electron chi connectivity index (χ0n) is 11.6. The molecule has 0 spiro atoms. The fourth-order valence-electron chi connectivity index (χ4n) is 2.51. The van der Waals surface area contributed by atoms with Crippen molar-refractivity contribution in [2.75, 3.05) is 20.7 Å². The van der Waals surface area contributed by atoms with Crippen LogP contribution in [-0.2, 0) is 10.3 Å². The number of hydrogen-bond donors (Lipinski definition) is 1. The summed E-state index contributed by atoms with van der Waals surface area (Å²) in [4.78, 5) is 0. The summed E-state index contributed by atoms with van der Waals surface area (Å²) in [5.74, 6) is 0. The molecule has 2 heteroatoms. The van der Waals surface area contributed by atoms with Gasteiger partial charge < -0.3 is 10.1 Å². The zero-order chi connectivity index (χ0) is 13.6. The molecule has 0 heterocycles. The monoisotopic (exact) mass is 255 g/mol. The molecule has 0 aromatic heterocycles. The first-order chi connectivity index (χ1) is 9.33. The van der Waals surface area contributed by atoms with Crippen LogP contribution in [0.25, 0.3) is 0 Å². The van der Waals surface area contributed by atoms with Gasteiger partial charge in [-0.3, -0.25) is 0 Å². The molecule has 2 aromatic rings. The van der Waals surface area contributed by atoms with Gasteiger partial charge in [0.05, 0.1) is 0 Å². The lowest BCUT2D eigenvalue weighted by molar-refractivity contribution is 0.0151. The Balaban J connectivity index is 2.48. The van der Waals surface area contributed by atoms with Gasteiger partial charge in [0, 0.05) is 7.11 Å². The van der Waals surface area contributed by atoms with Crippen molar-refractivity contribution in [3.8, 4) is 0 Å². The van der Waals surface area contributed by atoms with E-state index in [1.165, 1.54) is 11.1 Å². The van der Waals surface area contributed by atoms with E-state index in [0.29, 0.717) is 0 Å². The van der Waals surface area contributed by atoms with Crippen molar-refractivity contribution in [1.29, 1.82) is 0 Å². The van der Waals surface area contributed by atoms with E-state index in [4.69, 9.17) is 4.74 Å². The Morgan fingerprint density at radius 3 is 1.74 bits per heavy atom. The summed E-state index contributed by atoms with van der Waals surface area (Å²) < 4.78 is 5.97. The molecule has 19 heavy (non-hydrogen) atoms. The van der Waals surface area contributed by atoms with E-state index < -0.39 is 0 Å². The summed E-state index contributed by atoms with van der Waals surface area (Å²) in [6, 6.07) is 20.8. The minimum atomic E-state index is -0.383. The molecule has 0 saturated heterocycles. The van der Waals surface area contributed by atoms with E-state index in [9.17, 15) is 0 Å². The molecule has 0 radical (unpaired) electrons. The average molecular weight is 255 g/mol. The van der Waals surface area contributed by atoms with E-state index in [0.717, 1.165) is 13.0 Å². The van der Waals surface area contributed by atoms with Crippen LogP contribution < -0.4 is 5.32 Å². The van der Waals surface area contributed by atoms with Gasteiger partial charge >= 0.3 is 0 Å². The molecule has 0 amide bonds. The summed E-state index contributed by atoms with van der Waals surface area (Å²) in [6.45, 7) is 0.900. The fraction of sp³-hybridized carbons (Fsp3) is 0.294. The van der Waals surface area contributed by atoms with Crippen LogP contribution in [0.2, 0.25) is 0 Å². The molecule has 0 aliphatic rings. The summed E-state index contributed by atoms with van der Waals surface area (Å²) in [6.07, 6.45) is 0.897. The Bertz CT molecular complexity index is 442. The van der Waals surface area contributed by atoms with E-state index in [2.05, 4.69) is 53.8 Å². The Hall–Kier alpha value is -1.64. The lowest BCUT2D eigenvalue weighted by atomic mass is 9.83. The van der Waals surface area contributed by atoms with Crippen molar-refractivity contribution in [3.05, 3.63) is 71.8 Å². The van der Waals surface area contributed by atoms with E-state index in [1.807, 2.05) is 19.2 Å². The normalized spacial score (nSPS) is 11.5. The molecule has 0 saturated carbocycles. The van der Waals surface area contributed by atoms with Crippen molar-refractivity contribution < 1.29 is 4.74 Å². The highest BCUT2D eigenvalue weighted by molar-refractivity contribution is 5.36. The summed E-state index contributed by atoms with van der Waals surface area (Å²) in [5.41, 5.74) is 2.00. The van der Waals surface area contributed by atoms with Gasteiger partial charge in [-0.05, 0) is 31.1 Å². The van der Waals surface area contributed by atoms with Gasteiger partial charge in [0.2, 0.25) is 0 Å². The third kappa shape index (κ3) is 2.86. The molecule has 2 rings (SSSR count). The fourth-order valence-corrected chi connectivity index (χ4v) is 2.51. The van der Waals surface area contributed by atoms with Crippen molar-refractivity contribution in [2.24, 2.45) is 0 Å². The highest BCUT2D eigenvalue weighted by Gasteiger charge is 2.33. The first-order valence-electron chi connectivity index (χ1n) is 6.64. The lowest BCUT2D eigenvalue weighted by Crippen LogP contribution is -2.33. The molecular weight excluding hydrogens is 234 g/mol. The second kappa shape index (κ2) is 6.50. The van der Waals surface area contributed by atoms with Gasteiger partial charge in [-0.25, -0.2) is 0 Å². The number of hydrogen-bond acceptors (Lipinski definition) is 2. The van der Waals surface area contributed by atoms with Gasteiger partial charge in [-0.1, -0.05) is 60.7 Å². The number of methoxy groups -OCH3 is 1. The third-order valence-corrected chi connectivity index (χ3v) is 3.56. The third-order valence-electron chi connectivity index (χ3n) is 3.56. The molecule has 2 nitrogen and oxygen atoms in total. The smallest absolute Gasteiger partial charge is 0.119 e. The maximum atomic E-state index is 5.97. The summed E-state index contributed by atoms with van der Waals surface area (Å²) in [7, 11) is 3.76. The van der Waals surface area contributed by atoms with Crippen LogP contribution in [0.5, 0.6) is 0 Å². The van der Waals surface area contributed by atoms with E-state index >= 15 is 0 Å². The van der Waals surface area contributed by atoms with Crippen molar-refractivity contribution in [2.45, 2.75) is 12.0 Å². The molecule has 1 N–H and O–H groups in total. The second-order valence-electron chi connectivity index (χ2n) is 4.62. The van der Waals surface area contributed by atoms with Crippen LogP contribution in [0.3, 0.4) is 0 Å². The van der Waals surface area contributed by atoms with Gasteiger partial charge in [-0.15, -0.1) is 0 Å². The number of benzene rings is 2. The van der Waals surface area contributed by atoms with Gasteiger partial charge in [0.25, 0.3) is 0 Å². The molecular formula is C17H21NO. The molecule has 0 unspecified atom stereocenters. The van der Waals surface area contributed by atoms with Crippen LogP contribution in [0.15, 0.2) is 60.7 Å². The lowest BCUT2D eigenvalue weighted by Gasteiger charge is -2.34. The summed E-state index contributed by atoms with van der Waals surface area (Å²) >= 11 is 0. The molecule has 0 bridgehead atoms. The Morgan fingerprint density at radius 2 is 1.37 bits per heavy atom. The topological polar surface area (TPSA) is 21.3 Å². The average Bonchev–Trinajstić information content (AvgIpc) is 2.51. The van der Waals surface area contributed by atoms with E-state index in [-0.39, 0.29) is 5.60 Å². The number of ether oxygens (including phenoxy) is 1. The molecule has 100 valence electrons. The second-order valence-corrected chi connectivity index (χ2v) is 4.62. The van der Waals surface area contributed by atoms with Crippen LogP contribution in [0.4, 0.5) is 0 Å². The predicted molar refractivity (Wildman–Crippen MR) is 79.2 cm³/mol. The van der Waals surface area contributed by atoms with E-state index in [1.54, 1.807) is 7.11 Å². The highest BCUT2D eigenvalue weighted by atomic mass is 16.5. The molecule has 2 aromatic carbocycles. The first-order valence-corrected chi connectivity index (χ1v) is 6.64. The van der Waals surface area contributed by atoms with Crippen LogP contribution in [-0.4, -0.2) is 20.7 Å². The Kier molecular flexibility index (Phi) is 4.72. The molecule has 0 aliphatic carbocycles. The predicted octanol–water partition coefficient (Wildman–Crippen LogP) is 3.19. The quantitative estimate of drug-likeness (QED) is 0.856. The maximum Gasteiger partial charge on any atom is 0.119 e.